The van der Waals surface area contributed by atoms with Gasteiger partial charge in [0.25, 0.3) is 0 Å². The summed E-state index contributed by atoms with van der Waals surface area (Å²) in [6.07, 6.45) is 9.25. The van der Waals surface area contributed by atoms with Crippen LogP contribution in [0.25, 0.3) is 0 Å². The van der Waals surface area contributed by atoms with E-state index in [1.54, 1.807) is 0 Å². The molecule has 0 aliphatic heterocycles. The lowest BCUT2D eigenvalue weighted by molar-refractivity contribution is 0.316. The van der Waals surface area contributed by atoms with Gasteiger partial charge in [0.1, 0.15) is 0 Å². The van der Waals surface area contributed by atoms with Crippen LogP contribution >= 0.6 is 11.8 Å². The zero-order valence-electron chi connectivity index (χ0n) is 10.5. The summed E-state index contributed by atoms with van der Waals surface area (Å²) in [4.78, 5) is 0. The van der Waals surface area contributed by atoms with Gasteiger partial charge in [0.2, 0.25) is 0 Å². The summed E-state index contributed by atoms with van der Waals surface area (Å²) in [6.45, 7) is 2.28. The fourth-order valence-electron chi connectivity index (χ4n) is 3.12. The number of rotatable bonds is 4. The molecule has 2 aliphatic carbocycles. The minimum atomic E-state index is 0.474. The van der Waals surface area contributed by atoms with Gasteiger partial charge < -0.3 is 11.1 Å². The molecular weight excluding hydrogens is 216 g/mol. The van der Waals surface area contributed by atoms with Crippen molar-refractivity contribution >= 4 is 11.8 Å². The van der Waals surface area contributed by atoms with Gasteiger partial charge in [-0.1, -0.05) is 13.3 Å². The summed E-state index contributed by atoms with van der Waals surface area (Å²) in [5.41, 5.74) is 5.95. The second-order valence-electron chi connectivity index (χ2n) is 5.31. The van der Waals surface area contributed by atoms with Crippen LogP contribution in [0.3, 0.4) is 0 Å². The summed E-state index contributed by atoms with van der Waals surface area (Å²) in [5, 5.41) is 4.77. The molecule has 0 spiro atoms. The molecule has 2 atom stereocenters. The first-order valence-electron chi connectivity index (χ1n) is 6.92. The molecule has 2 unspecified atom stereocenters. The summed E-state index contributed by atoms with van der Waals surface area (Å²) in [5.74, 6) is 1.26. The lowest BCUT2D eigenvalue weighted by Crippen LogP contribution is -2.45. The molecule has 2 rings (SSSR count). The van der Waals surface area contributed by atoms with Gasteiger partial charge in [-0.05, 0) is 44.3 Å². The first-order chi connectivity index (χ1) is 7.79. The van der Waals surface area contributed by atoms with E-state index < -0.39 is 0 Å². The third kappa shape index (κ3) is 3.38. The van der Waals surface area contributed by atoms with Crippen LogP contribution in [0.5, 0.6) is 0 Å². The molecular formula is C13H26N2S. The molecule has 16 heavy (non-hydrogen) atoms. The highest BCUT2D eigenvalue weighted by molar-refractivity contribution is 7.99. The Bertz CT molecular complexity index is 202. The van der Waals surface area contributed by atoms with E-state index in [1.807, 2.05) is 0 Å². The van der Waals surface area contributed by atoms with E-state index in [0.29, 0.717) is 6.04 Å². The number of hydrogen-bond acceptors (Lipinski definition) is 3. The van der Waals surface area contributed by atoms with Crippen LogP contribution < -0.4 is 11.1 Å². The van der Waals surface area contributed by atoms with E-state index in [0.717, 1.165) is 17.3 Å². The fourth-order valence-corrected chi connectivity index (χ4v) is 4.33. The Balaban J connectivity index is 1.75. The molecule has 0 heterocycles. The summed E-state index contributed by atoms with van der Waals surface area (Å²) < 4.78 is 0. The average Bonchev–Trinajstić information content (AvgIpc) is 2.70. The van der Waals surface area contributed by atoms with Gasteiger partial charge >= 0.3 is 0 Å². The van der Waals surface area contributed by atoms with Crippen LogP contribution in [-0.4, -0.2) is 29.1 Å². The van der Waals surface area contributed by atoms with Gasteiger partial charge in [-0.3, -0.25) is 0 Å². The van der Waals surface area contributed by atoms with Gasteiger partial charge in [0.05, 0.1) is 0 Å². The van der Waals surface area contributed by atoms with Crippen LogP contribution in [0.15, 0.2) is 0 Å². The van der Waals surface area contributed by atoms with Crippen molar-refractivity contribution in [2.75, 3.05) is 5.75 Å². The third-order valence-corrected chi connectivity index (χ3v) is 5.38. The van der Waals surface area contributed by atoms with E-state index in [4.69, 9.17) is 5.73 Å². The van der Waals surface area contributed by atoms with Crippen LogP contribution in [0.4, 0.5) is 0 Å². The van der Waals surface area contributed by atoms with Crippen molar-refractivity contribution in [2.24, 2.45) is 5.73 Å². The second kappa shape index (κ2) is 6.27. The minimum absolute atomic E-state index is 0.474. The number of hydrogen-bond donors (Lipinski definition) is 2. The van der Waals surface area contributed by atoms with Gasteiger partial charge in [-0.2, -0.15) is 11.8 Å². The topological polar surface area (TPSA) is 38.0 Å². The molecule has 2 fully saturated rings. The zero-order valence-corrected chi connectivity index (χ0v) is 11.3. The lowest BCUT2D eigenvalue weighted by atomic mass is 9.91. The SMILES string of the molecule is CCSC1CCCC1NC1CCC(N)CC1. The molecule has 0 radical (unpaired) electrons. The molecule has 2 nitrogen and oxygen atoms in total. The minimum Gasteiger partial charge on any atom is -0.328 e. The van der Waals surface area contributed by atoms with E-state index in [9.17, 15) is 0 Å². The van der Waals surface area contributed by atoms with Gasteiger partial charge in [0, 0.05) is 23.4 Å². The quantitative estimate of drug-likeness (QED) is 0.795. The van der Waals surface area contributed by atoms with Crippen molar-refractivity contribution in [2.45, 2.75) is 75.2 Å². The monoisotopic (exact) mass is 242 g/mol. The van der Waals surface area contributed by atoms with Gasteiger partial charge in [-0.25, -0.2) is 0 Å². The average molecular weight is 242 g/mol. The Hall–Kier alpha value is 0.270. The molecule has 0 amide bonds. The summed E-state index contributed by atoms with van der Waals surface area (Å²) >= 11 is 2.15. The molecule has 3 heteroatoms. The molecule has 0 aromatic heterocycles. The number of nitrogens with one attached hydrogen (secondary N) is 1. The van der Waals surface area contributed by atoms with E-state index in [1.165, 1.54) is 50.7 Å². The smallest absolute Gasteiger partial charge is 0.0201 e. The Morgan fingerprint density at radius 3 is 2.56 bits per heavy atom. The Morgan fingerprint density at radius 1 is 1.12 bits per heavy atom. The normalized spacial score (nSPS) is 40.1. The van der Waals surface area contributed by atoms with Crippen LogP contribution in [0.1, 0.15) is 51.9 Å². The summed E-state index contributed by atoms with van der Waals surface area (Å²) in [7, 11) is 0. The predicted octanol–water partition coefficient (Wildman–Crippen LogP) is 2.52. The van der Waals surface area contributed by atoms with E-state index in [-0.39, 0.29) is 0 Å². The van der Waals surface area contributed by atoms with E-state index >= 15 is 0 Å². The maximum absolute atomic E-state index is 5.95. The Morgan fingerprint density at radius 2 is 1.88 bits per heavy atom. The standard InChI is InChI=1S/C13H26N2S/c1-2-16-13-5-3-4-12(13)15-11-8-6-10(14)7-9-11/h10-13,15H,2-9,14H2,1H3. The summed E-state index contributed by atoms with van der Waals surface area (Å²) in [6, 6.07) is 2.01. The van der Waals surface area contributed by atoms with Crippen LogP contribution in [0.2, 0.25) is 0 Å². The highest BCUT2D eigenvalue weighted by Crippen LogP contribution is 2.31. The van der Waals surface area contributed by atoms with Gasteiger partial charge in [0.15, 0.2) is 0 Å². The number of nitrogens with two attached hydrogens (primary N) is 1. The largest absolute Gasteiger partial charge is 0.328 e. The number of thioether (sulfide) groups is 1. The fraction of sp³-hybridized carbons (Fsp3) is 1.00. The highest BCUT2D eigenvalue weighted by atomic mass is 32.2. The third-order valence-electron chi connectivity index (χ3n) is 4.05. The molecule has 0 aromatic carbocycles. The van der Waals surface area contributed by atoms with Crippen molar-refractivity contribution in [3.63, 3.8) is 0 Å². The van der Waals surface area contributed by atoms with Crippen molar-refractivity contribution < 1.29 is 0 Å². The Labute approximate surface area is 104 Å². The molecule has 0 aromatic rings. The molecule has 2 aliphatic rings. The molecule has 94 valence electrons. The molecule has 0 saturated heterocycles. The van der Waals surface area contributed by atoms with Crippen molar-refractivity contribution in [1.82, 2.24) is 5.32 Å². The van der Waals surface area contributed by atoms with Crippen molar-refractivity contribution in [3.05, 3.63) is 0 Å². The zero-order chi connectivity index (χ0) is 11.4. The molecule has 3 N–H and O–H groups in total. The van der Waals surface area contributed by atoms with Crippen molar-refractivity contribution in [1.29, 1.82) is 0 Å². The maximum atomic E-state index is 5.95. The van der Waals surface area contributed by atoms with Crippen LogP contribution in [-0.2, 0) is 0 Å². The lowest BCUT2D eigenvalue weighted by Gasteiger charge is -2.31. The first kappa shape index (κ1) is 12.7. The van der Waals surface area contributed by atoms with Crippen LogP contribution in [0, 0.1) is 0 Å². The van der Waals surface area contributed by atoms with E-state index in [2.05, 4.69) is 24.0 Å². The van der Waals surface area contributed by atoms with Gasteiger partial charge in [-0.15, -0.1) is 0 Å². The second-order valence-corrected chi connectivity index (χ2v) is 6.83. The Kier molecular flexibility index (Phi) is 4.98. The maximum Gasteiger partial charge on any atom is 0.0201 e. The highest BCUT2D eigenvalue weighted by Gasteiger charge is 2.29. The predicted molar refractivity (Wildman–Crippen MR) is 72.9 cm³/mol. The molecule has 2 saturated carbocycles. The first-order valence-corrected chi connectivity index (χ1v) is 7.97. The van der Waals surface area contributed by atoms with Crippen molar-refractivity contribution in [3.8, 4) is 0 Å². The molecule has 0 bridgehead atoms.